The van der Waals surface area contributed by atoms with Crippen LogP contribution in [0.1, 0.15) is 78.4 Å². The molecule has 0 aromatic heterocycles. The summed E-state index contributed by atoms with van der Waals surface area (Å²) in [6.07, 6.45) is -7.20. The van der Waals surface area contributed by atoms with E-state index in [9.17, 15) is 40.3 Å². The van der Waals surface area contributed by atoms with Gasteiger partial charge in [0.15, 0.2) is 0 Å². The number of aliphatic carboxylic acids is 1. The Labute approximate surface area is 321 Å². The van der Waals surface area contributed by atoms with Crippen LogP contribution in [0.25, 0.3) is 21.9 Å². The summed E-state index contributed by atoms with van der Waals surface area (Å²) >= 11 is 0. The van der Waals surface area contributed by atoms with Gasteiger partial charge in [-0.05, 0) is 102 Å². The molecule has 4 aromatic rings. The molecule has 8 nitrogen and oxygen atoms in total. The van der Waals surface area contributed by atoms with Crippen LogP contribution in [0.5, 0.6) is 11.5 Å². The van der Waals surface area contributed by atoms with Crippen LogP contribution in [0, 0.1) is 12.7 Å². The zero-order chi connectivity index (χ0) is 41.8. The molecule has 4 aromatic carbocycles. The summed E-state index contributed by atoms with van der Waals surface area (Å²) in [7, 11) is 3.20. The summed E-state index contributed by atoms with van der Waals surface area (Å²) in [6.45, 7) is 4.32. The predicted octanol–water partition coefficient (Wildman–Crippen LogP) is 9.84. The lowest BCUT2D eigenvalue weighted by Crippen LogP contribution is -2.36. The molecular formula is C41H48F7N3O5. The molecule has 1 fully saturated rings. The van der Waals surface area contributed by atoms with Gasteiger partial charge in [0.05, 0.1) is 31.8 Å². The minimum absolute atomic E-state index is 0.00652. The Morgan fingerprint density at radius 2 is 1.52 bits per heavy atom. The number of nitrogens with two attached hydrogens (primary N) is 2. The lowest BCUT2D eigenvalue weighted by atomic mass is 9.87. The van der Waals surface area contributed by atoms with Crippen LogP contribution in [0.4, 0.5) is 36.4 Å². The number of rotatable bonds is 11. The Kier molecular flexibility index (Phi) is 16.4. The van der Waals surface area contributed by atoms with Crippen molar-refractivity contribution >= 4 is 28.3 Å². The average molecular weight is 796 g/mol. The Hall–Kier alpha value is -5.05. The van der Waals surface area contributed by atoms with Gasteiger partial charge in [-0.15, -0.1) is 0 Å². The number of ether oxygens (including phenoxy) is 2. The Morgan fingerprint density at radius 3 is 2.04 bits per heavy atom. The fraction of sp³-hybridized carbons (Fsp3) is 0.415. The second-order valence-electron chi connectivity index (χ2n) is 13.4. The molecule has 5 N–H and O–H groups in total. The van der Waals surface area contributed by atoms with Crippen molar-refractivity contribution in [1.82, 2.24) is 4.90 Å². The number of carboxylic acids is 1. The summed E-state index contributed by atoms with van der Waals surface area (Å²) in [6, 6.07) is 18.3. The number of aryl methyl sites for hydroxylation is 2. The van der Waals surface area contributed by atoms with E-state index in [1.165, 1.54) is 13.0 Å². The lowest BCUT2D eigenvalue weighted by Gasteiger charge is -2.33. The van der Waals surface area contributed by atoms with Crippen LogP contribution >= 0.6 is 0 Å². The van der Waals surface area contributed by atoms with Crippen molar-refractivity contribution in [3.63, 3.8) is 0 Å². The molecule has 0 saturated carbocycles. The number of carbonyl (C=O) groups is 2. The molecule has 0 radical (unpaired) electrons. The van der Waals surface area contributed by atoms with E-state index in [1.54, 1.807) is 21.1 Å². The number of nitrogens with zero attached hydrogens (tertiary/aromatic N) is 1. The SMILES string of the molecule is CCCC(F)(F)F.COc1cc(C2CCCN(CCC(F)(F)F)C2)cc(OC)c1-c1cccc2c(CCC(=O)O)cccc12.Cc1cc(N)cc(F)c1C(N)=O. The maximum Gasteiger partial charge on any atom is 0.390 e. The van der Waals surface area contributed by atoms with Gasteiger partial charge in [0.25, 0.3) is 5.91 Å². The maximum atomic E-state index is 13.0. The fourth-order valence-electron chi connectivity index (χ4n) is 6.67. The van der Waals surface area contributed by atoms with Gasteiger partial charge in [0, 0.05) is 31.6 Å². The molecule has 0 aliphatic carbocycles. The van der Waals surface area contributed by atoms with Crippen molar-refractivity contribution in [3.8, 4) is 22.6 Å². The standard InChI is InChI=1S/C29H32F3NO4.C8H9FN2O.C4H7F3/c1-36-25-16-21(20-7-5-14-33(18-20)15-13-29(30,31)32)17-26(37-2)28(25)24-10-4-8-22-19(11-12-27(34)35)6-3-9-23(22)24;1-4-2-5(10)3-6(9)7(4)8(11)12;1-2-3-4(5,6)7/h3-4,6,8-10,16-17,20H,5,7,11-15,18H2,1-2H3,(H,34,35);2-3H,10H2,1H3,(H2,11,12);2-3H2,1H3. The van der Waals surface area contributed by atoms with Crippen LogP contribution in [-0.2, 0) is 11.2 Å². The number of fused-ring (bicyclic) bond motifs is 1. The Balaban J connectivity index is 0.000000363. The molecule has 0 bridgehead atoms. The Morgan fingerprint density at radius 1 is 0.911 bits per heavy atom. The van der Waals surface area contributed by atoms with Gasteiger partial charge in [-0.1, -0.05) is 43.3 Å². The summed E-state index contributed by atoms with van der Waals surface area (Å²) in [5, 5.41) is 11.1. The number of carbonyl (C=O) groups excluding carboxylic acids is 1. The first-order chi connectivity index (χ1) is 26.3. The number of hydrogen-bond acceptors (Lipinski definition) is 6. The number of anilines is 1. The highest BCUT2D eigenvalue weighted by atomic mass is 19.4. The second-order valence-corrected chi connectivity index (χ2v) is 13.4. The first kappa shape index (κ1) is 45.3. The fourth-order valence-corrected chi connectivity index (χ4v) is 6.67. The van der Waals surface area contributed by atoms with Gasteiger partial charge in [-0.25, -0.2) is 4.39 Å². The van der Waals surface area contributed by atoms with Crippen molar-refractivity contribution in [2.24, 2.45) is 5.73 Å². The minimum Gasteiger partial charge on any atom is -0.496 e. The molecule has 1 amide bonds. The summed E-state index contributed by atoms with van der Waals surface area (Å²) in [5.41, 5.74) is 14.6. The maximum absolute atomic E-state index is 13.0. The number of amides is 1. The van der Waals surface area contributed by atoms with Crippen molar-refractivity contribution in [3.05, 3.63) is 88.7 Å². The predicted molar refractivity (Wildman–Crippen MR) is 203 cm³/mol. The monoisotopic (exact) mass is 795 g/mol. The van der Waals surface area contributed by atoms with Gasteiger partial charge in [-0.2, -0.15) is 26.3 Å². The highest BCUT2D eigenvalue weighted by molar-refractivity contribution is 6.01. The average Bonchev–Trinajstić information content (AvgIpc) is 3.11. The second kappa shape index (κ2) is 20.2. The molecule has 56 heavy (non-hydrogen) atoms. The van der Waals surface area contributed by atoms with Gasteiger partial charge in [0.2, 0.25) is 0 Å². The third kappa shape index (κ3) is 13.3. The van der Waals surface area contributed by atoms with Crippen LogP contribution in [-0.4, -0.2) is 68.1 Å². The number of hydrogen-bond donors (Lipinski definition) is 3. The zero-order valence-corrected chi connectivity index (χ0v) is 31.7. The summed E-state index contributed by atoms with van der Waals surface area (Å²) in [5.74, 6) is -0.943. The number of nitrogen functional groups attached to an aromatic ring is 1. The van der Waals surface area contributed by atoms with E-state index < -0.39 is 42.9 Å². The molecule has 1 atom stereocenters. The van der Waals surface area contributed by atoms with Gasteiger partial charge < -0.3 is 30.9 Å². The molecule has 1 unspecified atom stereocenters. The summed E-state index contributed by atoms with van der Waals surface area (Å²) in [4.78, 5) is 23.7. The Bertz CT molecular complexity index is 1900. The molecule has 1 aliphatic rings. The van der Waals surface area contributed by atoms with Crippen molar-refractivity contribution in [2.45, 2.75) is 77.1 Å². The normalized spacial score (nSPS) is 14.6. The van der Waals surface area contributed by atoms with Crippen molar-refractivity contribution in [2.75, 3.05) is 39.6 Å². The van der Waals surface area contributed by atoms with Crippen LogP contribution in [0.2, 0.25) is 0 Å². The van der Waals surface area contributed by atoms with Crippen molar-refractivity contribution in [1.29, 1.82) is 0 Å². The third-order valence-corrected chi connectivity index (χ3v) is 9.20. The number of alkyl halides is 6. The van der Waals surface area contributed by atoms with E-state index in [0.717, 1.165) is 51.9 Å². The molecule has 1 saturated heterocycles. The molecule has 0 spiro atoms. The number of benzene rings is 4. The van der Waals surface area contributed by atoms with E-state index in [1.807, 2.05) is 53.4 Å². The van der Waals surface area contributed by atoms with E-state index in [-0.39, 0.29) is 36.6 Å². The number of carboxylic acid groups (broad SMARTS) is 1. The number of methoxy groups -OCH3 is 2. The molecule has 5 rings (SSSR count). The molecule has 15 heteroatoms. The number of primary amides is 1. The number of likely N-dealkylation sites (tertiary alicyclic amines) is 1. The van der Waals surface area contributed by atoms with Crippen molar-refractivity contribution < 1.29 is 54.9 Å². The van der Waals surface area contributed by atoms with E-state index in [2.05, 4.69) is 0 Å². The van der Waals surface area contributed by atoms with Crippen LogP contribution in [0.3, 0.4) is 0 Å². The third-order valence-electron chi connectivity index (χ3n) is 9.20. The lowest BCUT2D eigenvalue weighted by molar-refractivity contribution is -0.139. The first-order valence-corrected chi connectivity index (χ1v) is 18.0. The van der Waals surface area contributed by atoms with E-state index in [4.69, 9.17) is 26.0 Å². The highest BCUT2D eigenvalue weighted by Crippen LogP contribution is 2.45. The number of halogens is 7. The molecule has 1 heterocycles. The van der Waals surface area contributed by atoms with Gasteiger partial charge in [0.1, 0.15) is 17.3 Å². The molecular weight excluding hydrogens is 747 g/mol. The quantitative estimate of drug-likeness (QED) is 0.102. The highest BCUT2D eigenvalue weighted by Gasteiger charge is 2.30. The molecule has 1 aliphatic heterocycles. The van der Waals surface area contributed by atoms with Gasteiger partial charge >= 0.3 is 18.3 Å². The smallest absolute Gasteiger partial charge is 0.390 e. The topological polar surface area (TPSA) is 128 Å². The van der Waals surface area contributed by atoms with Gasteiger partial charge in [-0.3, -0.25) is 9.59 Å². The van der Waals surface area contributed by atoms with E-state index in [0.29, 0.717) is 36.6 Å². The minimum atomic E-state index is -4.16. The number of piperidine rings is 1. The van der Waals surface area contributed by atoms with Crippen LogP contribution < -0.4 is 20.9 Å². The van der Waals surface area contributed by atoms with E-state index >= 15 is 0 Å². The molecule has 306 valence electrons. The summed E-state index contributed by atoms with van der Waals surface area (Å²) < 4.78 is 96.1. The zero-order valence-electron chi connectivity index (χ0n) is 31.7. The van der Waals surface area contributed by atoms with Crippen LogP contribution in [0.15, 0.2) is 60.7 Å². The first-order valence-electron chi connectivity index (χ1n) is 18.0. The largest absolute Gasteiger partial charge is 0.496 e.